The molecule has 1 aromatic heterocycles. The van der Waals surface area contributed by atoms with Crippen LogP contribution in [-0.4, -0.2) is 24.0 Å². The fourth-order valence-electron chi connectivity index (χ4n) is 3.52. The average molecular weight is 333 g/mol. The second kappa shape index (κ2) is 5.69. The van der Waals surface area contributed by atoms with Crippen molar-refractivity contribution < 1.29 is 4.79 Å². The van der Waals surface area contributed by atoms with Crippen molar-refractivity contribution in [3.05, 3.63) is 45.6 Å². The molecule has 2 aromatic rings. The molecule has 5 heteroatoms. The molecule has 3 unspecified atom stereocenters. The number of rotatable bonds is 3. The first-order valence-corrected chi connectivity index (χ1v) is 8.82. The van der Waals surface area contributed by atoms with E-state index in [-0.39, 0.29) is 11.9 Å². The maximum Gasteiger partial charge on any atom is 0.261 e. The number of halogens is 1. The van der Waals surface area contributed by atoms with E-state index in [2.05, 4.69) is 10.6 Å². The first-order chi connectivity index (χ1) is 10.7. The Bertz CT molecular complexity index is 700. The summed E-state index contributed by atoms with van der Waals surface area (Å²) in [6.45, 7) is 0. The maximum atomic E-state index is 12.5. The molecular formula is C17H17ClN2OS. The summed E-state index contributed by atoms with van der Waals surface area (Å²) >= 11 is 7.68. The average Bonchev–Trinajstić information content (AvgIpc) is 3.23. The van der Waals surface area contributed by atoms with Gasteiger partial charge < -0.3 is 10.6 Å². The lowest BCUT2D eigenvalue weighted by molar-refractivity contribution is 0.0935. The van der Waals surface area contributed by atoms with Crippen molar-refractivity contribution in [1.29, 1.82) is 0 Å². The minimum absolute atomic E-state index is 0.00608. The van der Waals surface area contributed by atoms with E-state index >= 15 is 0 Å². The third kappa shape index (κ3) is 2.56. The second-order valence-corrected chi connectivity index (χ2v) is 7.68. The quantitative estimate of drug-likeness (QED) is 0.900. The molecule has 0 spiro atoms. The molecule has 2 fully saturated rings. The minimum atomic E-state index is -0.00608. The van der Waals surface area contributed by atoms with Crippen molar-refractivity contribution in [3.63, 3.8) is 0 Å². The molecule has 3 heterocycles. The van der Waals surface area contributed by atoms with Gasteiger partial charge in [-0.3, -0.25) is 4.79 Å². The first kappa shape index (κ1) is 14.2. The Labute approximate surface area is 138 Å². The monoisotopic (exact) mass is 332 g/mol. The summed E-state index contributed by atoms with van der Waals surface area (Å²) in [6, 6.07) is 13.1. The Balaban J connectivity index is 1.52. The Morgan fingerprint density at radius 1 is 1.27 bits per heavy atom. The molecule has 2 aliphatic rings. The van der Waals surface area contributed by atoms with Gasteiger partial charge in [-0.05, 0) is 30.9 Å². The van der Waals surface area contributed by atoms with Crippen LogP contribution in [0.3, 0.4) is 0 Å². The lowest BCUT2D eigenvalue weighted by atomic mass is 9.95. The van der Waals surface area contributed by atoms with Crippen molar-refractivity contribution in [2.75, 3.05) is 0 Å². The SMILES string of the molecule is O=C(NC1CC2CCC1N2)c1cc(-c2ccccc2)c(Cl)s1. The van der Waals surface area contributed by atoms with Gasteiger partial charge in [0, 0.05) is 23.7 Å². The molecule has 1 aromatic carbocycles. The molecule has 3 atom stereocenters. The molecule has 2 N–H and O–H groups in total. The largest absolute Gasteiger partial charge is 0.347 e. The standard InChI is InChI=1S/C17H17ClN2OS/c18-16-12(10-4-2-1-3-5-10)9-15(22-16)17(21)20-14-8-11-6-7-13(14)19-11/h1-5,9,11,13-14,19H,6-8H2,(H,20,21). The highest BCUT2D eigenvalue weighted by Crippen LogP contribution is 2.36. The number of amides is 1. The predicted octanol–water partition coefficient (Wildman–Crippen LogP) is 3.69. The van der Waals surface area contributed by atoms with E-state index < -0.39 is 0 Å². The second-order valence-electron chi connectivity index (χ2n) is 6.03. The Hall–Kier alpha value is -1.36. The third-order valence-electron chi connectivity index (χ3n) is 4.61. The molecule has 2 aliphatic heterocycles. The van der Waals surface area contributed by atoms with Crippen molar-refractivity contribution in [1.82, 2.24) is 10.6 Å². The molecule has 2 bridgehead atoms. The number of hydrogen-bond acceptors (Lipinski definition) is 3. The topological polar surface area (TPSA) is 41.1 Å². The number of fused-ring (bicyclic) bond motifs is 2. The molecule has 0 saturated carbocycles. The highest BCUT2D eigenvalue weighted by atomic mass is 35.5. The Morgan fingerprint density at radius 2 is 2.09 bits per heavy atom. The molecule has 1 amide bonds. The number of nitrogens with one attached hydrogen (secondary N) is 2. The van der Waals surface area contributed by atoms with E-state index in [0.29, 0.717) is 21.3 Å². The fraction of sp³-hybridized carbons (Fsp3) is 0.353. The van der Waals surface area contributed by atoms with Gasteiger partial charge >= 0.3 is 0 Å². The predicted molar refractivity (Wildman–Crippen MR) is 90.6 cm³/mol. The van der Waals surface area contributed by atoms with Crippen molar-refractivity contribution in [3.8, 4) is 11.1 Å². The van der Waals surface area contributed by atoms with E-state index in [9.17, 15) is 4.79 Å². The van der Waals surface area contributed by atoms with Crippen LogP contribution in [0.15, 0.2) is 36.4 Å². The van der Waals surface area contributed by atoms with Crippen molar-refractivity contribution in [2.45, 2.75) is 37.4 Å². The van der Waals surface area contributed by atoms with Crippen LogP contribution in [0.4, 0.5) is 0 Å². The minimum Gasteiger partial charge on any atom is -0.347 e. The molecule has 22 heavy (non-hydrogen) atoms. The van der Waals surface area contributed by atoms with Crippen molar-refractivity contribution >= 4 is 28.8 Å². The number of hydrogen-bond donors (Lipinski definition) is 2. The van der Waals surface area contributed by atoms with E-state index in [0.717, 1.165) is 24.0 Å². The number of carbonyl (C=O) groups is 1. The van der Waals surface area contributed by atoms with Gasteiger partial charge in [-0.2, -0.15) is 0 Å². The highest BCUT2D eigenvalue weighted by Gasteiger charge is 2.39. The zero-order valence-corrected chi connectivity index (χ0v) is 13.6. The van der Waals surface area contributed by atoms with Gasteiger partial charge in [-0.15, -0.1) is 11.3 Å². The molecule has 114 valence electrons. The molecule has 0 radical (unpaired) electrons. The lowest BCUT2D eigenvalue weighted by Crippen LogP contribution is -2.42. The maximum absolute atomic E-state index is 12.5. The smallest absolute Gasteiger partial charge is 0.261 e. The molecule has 0 aliphatic carbocycles. The van der Waals surface area contributed by atoms with Crippen LogP contribution < -0.4 is 10.6 Å². The van der Waals surface area contributed by atoms with Gasteiger partial charge in [-0.1, -0.05) is 41.9 Å². The van der Waals surface area contributed by atoms with E-state index in [1.165, 1.54) is 17.8 Å². The van der Waals surface area contributed by atoms with Crippen LogP contribution in [0.1, 0.15) is 28.9 Å². The molecule has 2 saturated heterocycles. The number of carbonyl (C=O) groups excluding carboxylic acids is 1. The summed E-state index contributed by atoms with van der Waals surface area (Å²) in [5.74, 6) is -0.00608. The number of benzene rings is 1. The first-order valence-electron chi connectivity index (χ1n) is 7.62. The number of thiophene rings is 1. The molecule has 4 rings (SSSR count). The summed E-state index contributed by atoms with van der Waals surface area (Å²) in [6.07, 6.45) is 3.44. The van der Waals surface area contributed by atoms with Crippen LogP contribution in [0.25, 0.3) is 11.1 Å². The third-order valence-corrected chi connectivity index (χ3v) is 5.97. The van der Waals surface area contributed by atoms with Crippen LogP contribution >= 0.6 is 22.9 Å². The van der Waals surface area contributed by atoms with Crippen LogP contribution in [0, 0.1) is 0 Å². The van der Waals surface area contributed by atoms with Gasteiger partial charge in [0.25, 0.3) is 5.91 Å². The molecule has 3 nitrogen and oxygen atoms in total. The summed E-state index contributed by atoms with van der Waals surface area (Å²) in [5.41, 5.74) is 1.98. The summed E-state index contributed by atoms with van der Waals surface area (Å²) in [4.78, 5) is 13.2. The van der Waals surface area contributed by atoms with Crippen molar-refractivity contribution in [2.24, 2.45) is 0 Å². The van der Waals surface area contributed by atoms with E-state index in [4.69, 9.17) is 11.6 Å². The Kier molecular flexibility index (Phi) is 3.68. The van der Waals surface area contributed by atoms with Gasteiger partial charge in [0.2, 0.25) is 0 Å². The van der Waals surface area contributed by atoms with E-state index in [1.807, 2.05) is 36.4 Å². The summed E-state index contributed by atoms with van der Waals surface area (Å²) in [7, 11) is 0. The van der Waals surface area contributed by atoms with Gasteiger partial charge in [0.05, 0.1) is 4.88 Å². The summed E-state index contributed by atoms with van der Waals surface area (Å²) in [5, 5.41) is 6.71. The zero-order chi connectivity index (χ0) is 15.1. The van der Waals surface area contributed by atoms with Gasteiger partial charge in [-0.25, -0.2) is 0 Å². The van der Waals surface area contributed by atoms with Crippen LogP contribution in [-0.2, 0) is 0 Å². The lowest BCUT2D eigenvalue weighted by Gasteiger charge is -2.20. The summed E-state index contributed by atoms with van der Waals surface area (Å²) < 4.78 is 0.669. The molecular weight excluding hydrogens is 316 g/mol. The Morgan fingerprint density at radius 3 is 2.77 bits per heavy atom. The van der Waals surface area contributed by atoms with Gasteiger partial charge in [0.1, 0.15) is 4.34 Å². The van der Waals surface area contributed by atoms with E-state index in [1.54, 1.807) is 0 Å². The highest BCUT2D eigenvalue weighted by molar-refractivity contribution is 7.18. The van der Waals surface area contributed by atoms with Crippen LogP contribution in [0.2, 0.25) is 4.34 Å². The van der Waals surface area contributed by atoms with Gasteiger partial charge in [0.15, 0.2) is 0 Å². The van der Waals surface area contributed by atoms with Crippen LogP contribution in [0.5, 0.6) is 0 Å². The normalized spacial score (nSPS) is 26.3. The zero-order valence-electron chi connectivity index (χ0n) is 12.0. The fourth-order valence-corrected chi connectivity index (χ4v) is 4.74.